The van der Waals surface area contributed by atoms with Gasteiger partial charge in [0.1, 0.15) is 9.84 Å². The van der Waals surface area contributed by atoms with E-state index >= 15 is 0 Å². The molecule has 3 N–H and O–H groups in total. The molecule has 8 heteroatoms. The van der Waals surface area contributed by atoms with Gasteiger partial charge < -0.3 is 20.5 Å². The number of hydrogen-bond donors (Lipinski definition) is 2. The van der Waals surface area contributed by atoms with Gasteiger partial charge in [-0.25, -0.2) is 8.42 Å². The van der Waals surface area contributed by atoms with Crippen molar-refractivity contribution >= 4 is 21.5 Å². The van der Waals surface area contributed by atoms with Crippen LogP contribution in [0.3, 0.4) is 0 Å². The number of guanidine groups is 1. The highest BCUT2D eigenvalue weighted by Crippen LogP contribution is 2.32. The molecule has 25 heavy (non-hydrogen) atoms. The van der Waals surface area contributed by atoms with Crippen LogP contribution < -0.4 is 20.5 Å². The number of anilines is 1. The van der Waals surface area contributed by atoms with E-state index in [1.807, 2.05) is 18.2 Å². The van der Waals surface area contributed by atoms with Crippen molar-refractivity contribution in [3.8, 4) is 11.5 Å². The first-order valence-corrected chi connectivity index (χ1v) is 10.5. The number of ether oxygens (including phenoxy) is 2. The zero-order chi connectivity index (χ0) is 17.7. The monoisotopic (exact) mass is 367 g/mol. The quantitative estimate of drug-likeness (QED) is 0.621. The third-order valence-electron chi connectivity index (χ3n) is 4.51. The van der Waals surface area contributed by atoms with Gasteiger partial charge in [-0.2, -0.15) is 0 Å². The summed E-state index contributed by atoms with van der Waals surface area (Å²) in [7, 11) is -2.80. The lowest BCUT2D eigenvalue weighted by Crippen LogP contribution is -2.25. The molecule has 0 radical (unpaired) electrons. The number of nitrogens with zero attached hydrogens (tertiary/aromatic N) is 1. The molecule has 1 aromatic rings. The Kier molecular flexibility index (Phi) is 5.67. The van der Waals surface area contributed by atoms with Gasteiger partial charge in [0.25, 0.3) is 0 Å². The fourth-order valence-corrected chi connectivity index (χ4v) is 4.61. The molecule has 0 atom stereocenters. The molecule has 1 aromatic carbocycles. The number of fused-ring (bicyclic) bond motifs is 1. The molecular weight excluding hydrogens is 342 g/mol. The molecule has 2 aliphatic heterocycles. The Morgan fingerprint density at radius 2 is 1.92 bits per heavy atom. The zero-order valence-electron chi connectivity index (χ0n) is 14.2. The SMILES string of the molecule is NC(=NCCC1CCS(=O)(=O)CC1)Nc1ccc2c(c1)OCCCO2. The number of sulfone groups is 1. The van der Waals surface area contributed by atoms with Crippen LogP contribution in [-0.2, 0) is 9.84 Å². The van der Waals surface area contributed by atoms with Gasteiger partial charge in [0, 0.05) is 24.7 Å². The fraction of sp³-hybridized carbons (Fsp3) is 0.588. The van der Waals surface area contributed by atoms with Crippen LogP contribution >= 0.6 is 0 Å². The summed E-state index contributed by atoms with van der Waals surface area (Å²) in [5, 5.41) is 3.06. The summed E-state index contributed by atoms with van der Waals surface area (Å²) in [6, 6.07) is 5.59. The Morgan fingerprint density at radius 1 is 1.20 bits per heavy atom. The van der Waals surface area contributed by atoms with Gasteiger partial charge in [0.15, 0.2) is 17.5 Å². The van der Waals surface area contributed by atoms with Crippen LogP contribution in [0.5, 0.6) is 11.5 Å². The van der Waals surface area contributed by atoms with Crippen LogP contribution in [0.15, 0.2) is 23.2 Å². The average molecular weight is 367 g/mol. The van der Waals surface area contributed by atoms with Crippen molar-refractivity contribution in [3.63, 3.8) is 0 Å². The van der Waals surface area contributed by atoms with Crippen molar-refractivity contribution in [2.75, 3.05) is 36.6 Å². The first kappa shape index (κ1) is 17.8. The number of hydrogen-bond acceptors (Lipinski definition) is 5. The summed E-state index contributed by atoms with van der Waals surface area (Å²) in [4.78, 5) is 4.34. The molecule has 0 bridgehead atoms. The van der Waals surface area contributed by atoms with Gasteiger partial charge in [-0.15, -0.1) is 0 Å². The summed E-state index contributed by atoms with van der Waals surface area (Å²) in [6.07, 6.45) is 3.18. The van der Waals surface area contributed by atoms with Crippen LogP contribution in [0.1, 0.15) is 25.7 Å². The Morgan fingerprint density at radius 3 is 2.68 bits per heavy atom. The van der Waals surface area contributed by atoms with Crippen molar-refractivity contribution < 1.29 is 17.9 Å². The minimum absolute atomic E-state index is 0.298. The lowest BCUT2D eigenvalue weighted by Gasteiger charge is -2.20. The fourth-order valence-electron chi connectivity index (χ4n) is 3.02. The van der Waals surface area contributed by atoms with Crippen molar-refractivity contribution in [2.45, 2.75) is 25.7 Å². The highest BCUT2D eigenvalue weighted by atomic mass is 32.2. The third kappa shape index (κ3) is 5.26. The summed E-state index contributed by atoms with van der Waals surface area (Å²) >= 11 is 0. The molecule has 2 heterocycles. The lowest BCUT2D eigenvalue weighted by molar-refractivity contribution is 0.297. The van der Waals surface area contributed by atoms with E-state index < -0.39 is 9.84 Å². The summed E-state index contributed by atoms with van der Waals surface area (Å²) in [5.74, 6) is 2.80. The zero-order valence-corrected chi connectivity index (χ0v) is 15.1. The average Bonchev–Trinajstić information content (AvgIpc) is 2.81. The molecule has 3 rings (SSSR count). The Balaban J connectivity index is 1.49. The minimum Gasteiger partial charge on any atom is -0.490 e. The van der Waals surface area contributed by atoms with Crippen molar-refractivity contribution in [1.82, 2.24) is 0 Å². The predicted octanol–water partition coefficient (Wildman–Crippen LogP) is 1.79. The van der Waals surface area contributed by atoms with E-state index in [9.17, 15) is 8.42 Å². The molecule has 0 aliphatic carbocycles. The van der Waals surface area contributed by atoms with Gasteiger partial charge >= 0.3 is 0 Å². The third-order valence-corrected chi connectivity index (χ3v) is 6.23. The first-order chi connectivity index (χ1) is 12.0. The number of nitrogens with one attached hydrogen (secondary N) is 1. The smallest absolute Gasteiger partial charge is 0.193 e. The molecule has 1 fully saturated rings. The molecule has 7 nitrogen and oxygen atoms in total. The maximum absolute atomic E-state index is 11.4. The topological polar surface area (TPSA) is 103 Å². The normalized spacial score (nSPS) is 20.7. The van der Waals surface area contributed by atoms with Gasteiger partial charge in [-0.3, -0.25) is 4.99 Å². The molecule has 0 aromatic heterocycles. The van der Waals surface area contributed by atoms with Crippen LogP contribution in [0.25, 0.3) is 0 Å². The standard InChI is InChI=1S/C17H25N3O4S/c18-17(19-7-4-13-5-10-25(21,22)11-6-13)20-14-2-3-15-16(12-14)24-9-1-8-23-15/h2-3,12-13H,1,4-11H2,(H3,18,19,20). The highest BCUT2D eigenvalue weighted by molar-refractivity contribution is 7.91. The molecule has 0 amide bonds. The van der Waals surface area contributed by atoms with E-state index in [1.165, 1.54) is 0 Å². The molecule has 138 valence electrons. The van der Waals surface area contributed by atoms with E-state index in [1.54, 1.807) is 0 Å². The van der Waals surface area contributed by atoms with Crippen LogP contribution in [-0.4, -0.2) is 45.6 Å². The number of rotatable bonds is 4. The molecule has 0 unspecified atom stereocenters. The number of nitrogens with two attached hydrogens (primary N) is 1. The van der Waals surface area contributed by atoms with Gasteiger partial charge in [0.05, 0.1) is 24.7 Å². The van der Waals surface area contributed by atoms with Gasteiger partial charge in [-0.1, -0.05) is 0 Å². The van der Waals surface area contributed by atoms with Gasteiger partial charge in [0.2, 0.25) is 0 Å². The van der Waals surface area contributed by atoms with Crippen molar-refractivity contribution in [1.29, 1.82) is 0 Å². The van der Waals surface area contributed by atoms with E-state index in [0.29, 0.717) is 48.9 Å². The van der Waals surface area contributed by atoms with Crippen molar-refractivity contribution in [3.05, 3.63) is 18.2 Å². The van der Waals surface area contributed by atoms with E-state index in [-0.39, 0.29) is 0 Å². The maximum atomic E-state index is 11.4. The highest BCUT2D eigenvalue weighted by Gasteiger charge is 2.23. The van der Waals surface area contributed by atoms with Crippen LogP contribution in [0, 0.1) is 5.92 Å². The minimum atomic E-state index is -2.80. The predicted molar refractivity (Wildman–Crippen MR) is 98.2 cm³/mol. The van der Waals surface area contributed by atoms with Crippen LogP contribution in [0.4, 0.5) is 5.69 Å². The van der Waals surface area contributed by atoms with Gasteiger partial charge in [-0.05, 0) is 37.3 Å². The molecule has 0 saturated carbocycles. The number of benzene rings is 1. The summed E-state index contributed by atoms with van der Waals surface area (Å²) in [6.45, 7) is 1.89. The maximum Gasteiger partial charge on any atom is 0.193 e. The van der Waals surface area contributed by atoms with E-state index in [4.69, 9.17) is 15.2 Å². The molecule has 2 aliphatic rings. The largest absolute Gasteiger partial charge is 0.490 e. The summed E-state index contributed by atoms with van der Waals surface area (Å²) in [5.41, 5.74) is 6.74. The number of aliphatic imine (C=N–C) groups is 1. The molecular formula is C17H25N3O4S. The molecule has 0 spiro atoms. The Hall–Kier alpha value is -1.96. The van der Waals surface area contributed by atoms with Crippen molar-refractivity contribution in [2.24, 2.45) is 16.6 Å². The second kappa shape index (κ2) is 7.95. The summed E-state index contributed by atoms with van der Waals surface area (Å²) < 4.78 is 34.1. The first-order valence-electron chi connectivity index (χ1n) is 8.69. The second-order valence-electron chi connectivity index (χ2n) is 6.49. The lowest BCUT2D eigenvalue weighted by atomic mass is 9.99. The van der Waals surface area contributed by atoms with Crippen LogP contribution in [0.2, 0.25) is 0 Å². The Labute approximate surface area is 148 Å². The van der Waals surface area contributed by atoms with E-state index in [0.717, 1.165) is 37.1 Å². The second-order valence-corrected chi connectivity index (χ2v) is 8.79. The molecule has 1 saturated heterocycles. The Bertz CT molecular complexity index is 719. The van der Waals surface area contributed by atoms with E-state index in [2.05, 4.69) is 10.3 Å².